The van der Waals surface area contributed by atoms with E-state index in [2.05, 4.69) is 22.2 Å². The Morgan fingerprint density at radius 1 is 1.19 bits per heavy atom. The number of nitrogens with one attached hydrogen (secondary N) is 2. The van der Waals surface area contributed by atoms with Crippen LogP contribution >= 0.6 is 11.8 Å². The molecule has 0 unspecified atom stereocenters. The van der Waals surface area contributed by atoms with Gasteiger partial charge in [-0.25, -0.2) is 9.78 Å². The van der Waals surface area contributed by atoms with Gasteiger partial charge in [-0.15, -0.1) is 6.58 Å². The molecular formula is C20H20N4O2S. The van der Waals surface area contributed by atoms with Crippen LogP contribution in [0.15, 0.2) is 66.3 Å². The van der Waals surface area contributed by atoms with Crippen LogP contribution in [-0.4, -0.2) is 33.8 Å². The summed E-state index contributed by atoms with van der Waals surface area (Å²) in [5, 5.41) is 5.49. The Labute approximate surface area is 161 Å². The van der Waals surface area contributed by atoms with E-state index in [1.807, 2.05) is 60.0 Å². The molecular weight excluding hydrogens is 360 g/mol. The van der Waals surface area contributed by atoms with E-state index in [-0.39, 0.29) is 11.7 Å². The van der Waals surface area contributed by atoms with Crippen molar-refractivity contribution in [2.75, 3.05) is 12.3 Å². The highest BCUT2D eigenvalue weighted by Gasteiger charge is 2.15. The van der Waals surface area contributed by atoms with Gasteiger partial charge in [-0.1, -0.05) is 47.7 Å². The molecule has 3 rings (SSSR count). The number of aromatic nitrogens is 2. The van der Waals surface area contributed by atoms with Crippen molar-refractivity contribution in [1.82, 2.24) is 20.2 Å². The molecule has 1 aromatic heterocycles. The lowest BCUT2D eigenvalue weighted by Gasteiger charge is -2.09. The van der Waals surface area contributed by atoms with Gasteiger partial charge in [-0.05, 0) is 31.2 Å². The first-order chi connectivity index (χ1) is 13.1. The van der Waals surface area contributed by atoms with Gasteiger partial charge in [0.05, 0.1) is 16.8 Å². The lowest BCUT2D eigenvalue weighted by molar-refractivity contribution is -0.117. The highest BCUT2D eigenvalue weighted by molar-refractivity contribution is 7.99. The second-order valence-corrected chi connectivity index (χ2v) is 6.83. The average molecular weight is 380 g/mol. The van der Waals surface area contributed by atoms with Crippen LogP contribution in [0.2, 0.25) is 0 Å². The van der Waals surface area contributed by atoms with Crippen molar-refractivity contribution < 1.29 is 9.59 Å². The van der Waals surface area contributed by atoms with E-state index in [0.717, 1.165) is 16.7 Å². The zero-order valence-electron chi connectivity index (χ0n) is 14.9. The first kappa shape index (κ1) is 18.7. The molecule has 27 heavy (non-hydrogen) atoms. The molecule has 0 bridgehead atoms. The van der Waals surface area contributed by atoms with Gasteiger partial charge < -0.3 is 5.32 Å². The minimum Gasteiger partial charge on any atom is -0.334 e. The highest BCUT2D eigenvalue weighted by atomic mass is 32.2. The maximum Gasteiger partial charge on any atom is 0.321 e. The summed E-state index contributed by atoms with van der Waals surface area (Å²) in [6.45, 7) is 5.85. The van der Waals surface area contributed by atoms with Crippen LogP contribution in [0.25, 0.3) is 16.7 Å². The number of rotatable bonds is 6. The van der Waals surface area contributed by atoms with Crippen LogP contribution in [0, 0.1) is 6.92 Å². The number of imide groups is 1. The molecule has 6 nitrogen and oxygen atoms in total. The second kappa shape index (κ2) is 8.55. The summed E-state index contributed by atoms with van der Waals surface area (Å²) in [7, 11) is 0. The molecule has 0 atom stereocenters. The average Bonchev–Trinajstić information content (AvgIpc) is 3.04. The summed E-state index contributed by atoms with van der Waals surface area (Å²) in [6.07, 6.45) is 1.54. The number of hydrogen-bond donors (Lipinski definition) is 2. The van der Waals surface area contributed by atoms with Crippen LogP contribution in [-0.2, 0) is 4.79 Å². The number of hydrogen-bond acceptors (Lipinski definition) is 4. The number of para-hydroxylation sites is 2. The molecule has 138 valence electrons. The summed E-state index contributed by atoms with van der Waals surface area (Å²) in [5.41, 5.74) is 3.96. The van der Waals surface area contributed by atoms with Crippen molar-refractivity contribution >= 4 is 34.7 Å². The number of urea groups is 1. The van der Waals surface area contributed by atoms with Crippen molar-refractivity contribution in [2.24, 2.45) is 0 Å². The lowest BCUT2D eigenvalue weighted by Crippen LogP contribution is -2.40. The van der Waals surface area contributed by atoms with Gasteiger partial charge in [-0.2, -0.15) is 0 Å². The summed E-state index contributed by atoms with van der Waals surface area (Å²) in [4.78, 5) is 28.3. The maximum atomic E-state index is 12.0. The molecule has 1 heterocycles. The Morgan fingerprint density at radius 3 is 2.67 bits per heavy atom. The molecule has 0 spiro atoms. The Hall–Kier alpha value is -3.06. The molecule has 0 saturated carbocycles. The minimum atomic E-state index is -0.535. The molecule has 0 aliphatic carbocycles. The fourth-order valence-corrected chi connectivity index (χ4v) is 3.37. The monoisotopic (exact) mass is 380 g/mol. The van der Waals surface area contributed by atoms with Crippen LogP contribution in [0.4, 0.5) is 4.79 Å². The van der Waals surface area contributed by atoms with Gasteiger partial charge in [0.1, 0.15) is 0 Å². The van der Waals surface area contributed by atoms with Crippen molar-refractivity contribution in [2.45, 2.75) is 12.1 Å². The van der Waals surface area contributed by atoms with Crippen molar-refractivity contribution in [1.29, 1.82) is 0 Å². The van der Waals surface area contributed by atoms with E-state index in [1.165, 1.54) is 17.3 Å². The number of carbonyl (C=O) groups is 2. The number of benzene rings is 2. The Balaban J connectivity index is 1.81. The third-order valence-corrected chi connectivity index (χ3v) is 4.75. The van der Waals surface area contributed by atoms with Crippen molar-refractivity contribution in [3.63, 3.8) is 0 Å². The van der Waals surface area contributed by atoms with Crippen LogP contribution in [0.3, 0.4) is 0 Å². The largest absolute Gasteiger partial charge is 0.334 e. The fourth-order valence-electron chi connectivity index (χ4n) is 2.55. The smallest absolute Gasteiger partial charge is 0.321 e. The van der Waals surface area contributed by atoms with E-state index in [4.69, 9.17) is 0 Å². The predicted octanol–water partition coefficient (Wildman–Crippen LogP) is 3.44. The Kier molecular flexibility index (Phi) is 5.93. The second-order valence-electron chi connectivity index (χ2n) is 5.89. The number of thioether (sulfide) groups is 1. The Morgan fingerprint density at radius 2 is 1.93 bits per heavy atom. The standard InChI is InChI=1S/C20H20N4O2S/c1-3-12-21-19(26)23-18(25)13-27-20-22-16-6-4-5-7-17(16)24(20)15-10-8-14(2)9-11-15/h3-11H,1,12-13H2,2H3,(H2,21,23,25,26). The van der Waals surface area contributed by atoms with Gasteiger partial charge in [0.25, 0.3) is 0 Å². The van der Waals surface area contributed by atoms with E-state index in [1.54, 1.807) is 6.08 Å². The normalized spacial score (nSPS) is 10.6. The maximum absolute atomic E-state index is 12.0. The highest BCUT2D eigenvalue weighted by Crippen LogP contribution is 2.28. The molecule has 0 aliphatic rings. The van der Waals surface area contributed by atoms with Gasteiger partial charge in [0.15, 0.2) is 5.16 Å². The quantitative estimate of drug-likeness (QED) is 0.507. The Bertz CT molecular complexity index is 979. The van der Waals surface area contributed by atoms with Crippen molar-refractivity contribution in [3.8, 4) is 5.69 Å². The molecule has 0 radical (unpaired) electrons. The number of amides is 3. The zero-order valence-corrected chi connectivity index (χ0v) is 15.8. The number of nitrogens with zero attached hydrogens (tertiary/aromatic N) is 2. The molecule has 7 heteroatoms. The first-order valence-corrected chi connectivity index (χ1v) is 9.43. The van der Waals surface area contributed by atoms with Crippen LogP contribution in [0.1, 0.15) is 5.56 Å². The van der Waals surface area contributed by atoms with Crippen LogP contribution in [0.5, 0.6) is 0 Å². The SMILES string of the molecule is C=CCNC(=O)NC(=O)CSc1nc2ccccc2n1-c1ccc(C)cc1. The molecule has 2 N–H and O–H groups in total. The van der Waals surface area contributed by atoms with E-state index in [9.17, 15) is 9.59 Å². The zero-order chi connectivity index (χ0) is 19.2. The first-order valence-electron chi connectivity index (χ1n) is 8.44. The van der Waals surface area contributed by atoms with Gasteiger partial charge in [-0.3, -0.25) is 14.7 Å². The summed E-state index contributed by atoms with van der Waals surface area (Å²) in [6, 6.07) is 15.4. The fraction of sp³-hybridized carbons (Fsp3) is 0.150. The summed E-state index contributed by atoms with van der Waals surface area (Å²) in [5.74, 6) is -0.305. The van der Waals surface area contributed by atoms with Gasteiger partial charge in [0.2, 0.25) is 5.91 Å². The molecule has 0 fully saturated rings. The molecule has 0 saturated heterocycles. The van der Waals surface area contributed by atoms with E-state index >= 15 is 0 Å². The predicted molar refractivity (Wildman–Crippen MR) is 108 cm³/mol. The molecule has 2 aromatic carbocycles. The van der Waals surface area contributed by atoms with E-state index in [0.29, 0.717) is 11.7 Å². The topological polar surface area (TPSA) is 76.0 Å². The molecule has 3 amide bonds. The molecule has 3 aromatic rings. The third kappa shape index (κ3) is 4.57. The van der Waals surface area contributed by atoms with Gasteiger partial charge in [0, 0.05) is 12.2 Å². The van der Waals surface area contributed by atoms with Crippen LogP contribution < -0.4 is 10.6 Å². The molecule has 0 aliphatic heterocycles. The summed E-state index contributed by atoms with van der Waals surface area (Å²) < 4.78 is 2.02. The van der Waals surface area contributed by atoms with Crippen molar-refractivity contribution in [3.05, 3.63) is 66.7 Å². The number of aryl methyl sites for hydroxylation is 1. The number of carbonyl (C=O) groups excluding carboxylic acids is 2. The van der Waals surface area contributed by atoms with Gasteiger partial charge >= 0.3 is 6.03 Å². The minimum absolute atomic E-state index is 0.0801. The summed E-state index contributed by atoms with van der Waals surface area (Å²) >= 11 is 1.29. The number of imidazole rings is 1. The third-order valence-electron chi connectivity index (χ3n) is 3.81. The lowest BCUT2D eigenvalue weighted by atomic mass is 10.2. The van der Waals surface area contributed by atoms with E-state index < -0.39 is 6.03 Å². The number of fused-ring (bicyclic) bond motifs is 1.